The van der Waals surface area contributed by atoms with Gasteiger partial charge in [-0.05, 0) is 31.0 Å². The molecule has 1 amide bonds. The number of halogens is 3. The number of benzene rings is 1. The van der Waals surface area contributed by atoms with Gasteiger partial charge in [0.2, 0.25) is 5.91 Å². The molecule has 0 saturated carbocycles. The van der Waals surface area contributed by atoms with Gasteiger partial charge in [-0.2, -0.15) is 13.2 Å². The summed E-state index contributed by atoms with van der Waals surface area (Å²) in [6.45, 7) is 3.98. The largest absolute Gasteiger partial charge is 0.494 e. The van der Waals surface area contributed by atoms with E-state index in [-0.39, 0.29) is 13.0 Å². The summed E-state index contributed by atoms with van der Waals surface area (Å²) >= 11 is 0. The lowest BCUT2D eigenvalue weighted by Gasteiger charge is -2.27. The number of nitrogens with one attached hydrogen (secondary N) is 1. The number of hydrogen-bond acceptors (Lipinski definition) is 3. The predicted molar refractivity (Wildman–Crippen MR) is 89.9 cm³/mol. The van der Waals surface area contributed by atoms with E-state index in [4.69, 9.17) is 4.74 Å². The highest BCUT2D eigenvalue weighted by atomic mass is 19.4. The molecule has 0 heterocycles. The van der Waals surface area contributed by atoms with E-state index in [0.717, 1.165) is 19.4 Å². The molecule has 0 fully saturated rings. The fourth-order valence-corrected chi connectivity index (χ4v) is 2.22. The predicted octanol–water partition coefficient (Wildman–Crippen LogP) is 3.42. The Kier molecular flexibility index (Phi) is 7.47. The fourth-order valence-electron chi connectivity index (χ4n) is 2.22. The molecule has 1 rings (SSSR count). The summed E-state index contributed by atoms with van der Waals surface area (Å²) in [4.78, 5) is 23.2. The second-order valence-electron chi connectivity index (χ2n) is 6.68. The van der Waals surface area contributed by atoms with Crippen molar-refractivity contribution in [3.63, 3.8) is 0 Å². The molecule has 0 aromatic heterocycles. The van der Waals surface area contributed by atoms with Crippen LogP contribution in [0.25, 0.3) is 0 Å². The number of carboxylic acids is 1. The minimum Gasteiger partial charge on any atom is -0.494 e. The average Bonchev–Trinajstić information content (AvgIpc) is 2.51. The first kappa shape index (κ1) is 21.8. The molecule has 2 N–H and O–H groups in total. The minimum absolute atomic E-state index is 0.144. The van der Waals surface area contributed by atoms with Crippen LogP contribution in [0.2, 0.25) is 0 Å². The van der Waals surface area contributed by atoms with Crippen LogP contribution < -0.4 is 10.1 Å². The quantitative estimate of drug-likeness (QED) is 0.693. The van der Waals surface area contributed by atoms with Gasteiger partial charge in [0, 0.05) is 13.0 Å². The highest BCUT2D eigenvalue weighted by molar-refractivity contribution is 5.78. The third-order valence-corrected chi connectivity index (χ3v) is 3.98. The number of aliphatic carboxylic acids is 1. The number of carboxylic acid groups (broad SMARTS) is 1. The molecule has 26 heavy (non-hydrogen) atoms. The third-order valence-electron chi connectivity index (χ3n) is 3.98. The first-order valence-electron chi connectivity index (χ1n) is 8.24. The fraction of sp³-hybridized carbons (Fsp3) is 0.556. The van der Waals surface area contributed by atoms with Gasteiger partial charge in [0.1, 0.15) is 5.75 Å². The molecule has 1 aromatic carbocycles. The van der Waals surface area contributed by atoms with Crippen molar-refractivity contribution in [2.75, 3.05) is 13.2 Å². The standard InChI is InChI=1S/C18H24F3NO4/c1-4-26-14-7-5-12(6-8-14)9-13(16(24)25)11-22-15(23)10-17(2,3)18(19,20)21/h5-8,13H,4,9-11H2,1-3H3,(H,22,23)(H,24,25). The van der Waals surface area contributed by atoms with Crippen molar-refractivity contribution in [2.45, 2.75) is 39.8 Å². The number of carbonyl (C=O) groups is 2. The third kappa shape index (κ3) is 6.57. The van der Waals surface area contributed by atoms with Crippen molar-refractivity contribution >= 4 is 11.9 Å². The van der Waals surface area contributed by atoms with Gasteiger partial charge in [-0.15, -0.1) is 0 Å². The molecule has 0 aliphatic carbocycles. The van der Waals surface area contributed by atoms with Gasteiger partial charge in [0.05, 0.1) is 17.9 Å². The lowest BCUT2D eigenvalue weighted by molar-refractivity contribution is -0.213. The SMILES string of the molecule is CCOc1ccc(CC(CNC(=O)CC(C)(C)C(F)(F)F)C(=O)O)cc1. The van der Waals surface area contributed by atoms with Crippen LogP contribution in [0.15, 0.2) is 24.3 Å². The van der Waals surface area contributed by atoms with Crippen LogP contribution in [0, 0.1) is 11.3 Å². The van der Waals surface area contributed by atoms with Gasteiger partial charge >= 0.3 is 12.1 Å². The van der Waals surface area contributed by atoms with Gasteiger partial charge in [0.25, 0.3) is 0 Å². The average molecular weight is 375 g/mol. The monoisotopic (exact) mass is 375 g/mol. The Balaban J connectivity index is 2.63. The first-order valence-corrected chi connectivity index (χ1v) is 8.24. The van der Waals surface area contributed by atoms with E-state index in [1.54, 1.807) is 24.3 Å². The summed E-state index contributed by atoms with van der Waals surface area (Å²) in [5.41, 5.74) is -1.45. The van der Waals surface area contributed by atoms with Crippen molar-refractivity contribution in [3.8, 4) is 5.75 Å². The van der Waals surface area contributed by atoms with Gasteiger partial charge in [-0.3, -0.25) is 9.59 Å². The molecule has 8 heteroatoms. The highest BCUT2D eigenvalue weighted by Gasteiger charge is 2.48. The maximum absolute atomic E-state index is 12.8. The molecule has 5 nitrogen and oxygen atoms in total. The number of hydrogen-bond donors (Lipinski definition) is 2. The van der Waals surface area contributed by atoms with E-state index in [1.165, 1.54) is 0 Å². The van der Waals surface area contributed by atoms with Crippen molar-refractivity contribution in [1.29, 1.82) is 0 Å². The second-order valence-corrected chi connectivity index (χ2v) is 6.68. The summed E-state index contributed by atoms with van der Waals surface area (Å²) in [6, 6.07) is 6.86. The van der Waals surface area contributed by atoms with Crippen molar-refractivity contribution in [3.05, 3.63) is 29.8 Å². The van der Waals surface area contributed by atoms with E-state index in [0.29, 0.717) is 12.4 Å². The number of carbonyl (C=O) groups excluding carboxylic acids is 1. The van der Waals surface area contributed by atoms with Crippen molar-refractivity contribution in [2.24, 2.45) is 11.3 Å². The van der Waals surface area contributed by atoms with E-state index in [1.807, 2.05) is 6.92 Å². The highest BCUT2D eigenvalue weighted by Crippen LogP contribution is 2.40. The van der Waals surface area contributed by atoms with Crippen molar-refractivity contribution < 1.29 is 32.6 Å². The number of alkyl halides is 3. The normalized spacial score (nSPS) is 13.2. The van der Waals surface area contributed by atoms with Gasteiger partial charge in [-0.25, -0.2) is 0 Å². The molecule has 146 valence electrons. The van der Waals surface area contributed by atoms with Crippen LogP contribution in [-0.2, 0) is 16.0 Å². The molecule has 0 radical (unpaired) electrons. The van der Waals surface area contributed by atoms with Crippen LogP contribution in [0.5, 0.6) is 5.75 Å². The summed E-state index contributed by atoms with van der Waals surface area (Å²) in [5, 5.41) is 11.6. The summed E-state index contributed by atoms with van der Waals surface area (Å²) < 4.78 is 43.7. The molecule has 0 spiro atoms. The zero-order valence-corrected chi connectivity index (χ0v) is 15.0. The number of amides is 1. The number of ether oxygens (including phenoxy) is 1. The van der Waals surface area contributed by atoms with Crippen LogP contribution in [-0.4, -0.2) is 36.3 Å². The first-order chi connectivity index (χ1) is 12.0. The maximum atomic E-state index is 12.8. The second kappa shape index (κ2) is 8.91. The van der Waals surface area contributed by atoms with E-state index >= 15 is 0 Å². The zero-order chi connectivity index (χ0) is 20.0. The topological polar surface area (TPSA) is 75.6 Å². The lowest BCUT2D eigenvalue weighted by Crippen LogP contribution is -2.40. The zero-order valence-electron chi connectivity index (χ0n) is 15.0. The Hall–Kier alpha value is -2.25. The van der Waals surface area contributed by atoms with E-state index in [9.17, 15) is 27.9 Å². The van der Waals surface area contributed by atoms with Crippen molar-refractivity contribution in [1.82, 2.24) is 5.32 Å². The van der Waals surface area contributed by atoms with Crippen LogP contribution in [0.1, 0.15) is 32.8 Å². The Morgan fingerprint density at radius 3 is 2.23 bits per heavy atom. The smallest absolute Gasteiger partial charge is 0.394 e. The van der Waals surface area contributed by atoms with Gasteiger partial charge < -0.3 is 15.2 Å². The van der Waals surface area contributed by atoms with Gasteiger partial charge in [0.15, 0.2) is 0 Å². The molecule has 1 atom stereocenters. The summed E-state index contributed by atoms with van der Waals surface area (Å²) in [5.74, 6) is -2.24. The Bertz CT molecular complexity index is 612. The molecule has 0 bridgehead atoms. The summed E-state index contributed by atoms with van der Waals surface area (Å²) in [6.07, 6.45) is -5.13. The lowest BCUT2D eigenvalue weighted by atomic mass is 9.88. The molecular weight excluding hydrogens is 351 g/mol. The van der Waals surface area contributed by atoms with Gasteiger partial charge in [-0.1, -0.05) is 26.0 Å². The Morgan fingerprint density at radius 2 is 1.77 bits per heavy atom. The molecule has 0 aliphatic heterocycles. The molecule has 1 aromatic rings. The Morgan fingerprint density at radius 1 is 1.19 bits per heavy atom. The summed E-state index contributed by atoms with van der Waals surface area (Å²) in [7, 11) is 0. The Labute approximate surface area is 150 Å². The van der Waals surface area contributed by atoms with Crippen LogP contribution in [0.4, 0.5) is 13.2 Å². The molecular formula is C18H24F3NO4. The van der Waals surface area contributed by atoms with E-state index < -0.39 is 35.8 Å². The van der Waals surface area contributed by atoms with Crippen LogP contribution in [0.3, 0.4) is 0 Å². The maximum Gasteiger partial charge on any atom is 0.394 e. The number of rotatable bonds is 9. The van der Waals surface area contributed by atoms with Crippen LogP contribution >= 0.6 is 0 Å². The molecule has 0 saturated heterocycles. The van der Waals surface area contributed by atoms with E-state index in [2.05, 4.69) is 5.32 Å². The minimum atomic E-state index is -4.52. The molecule has 1 unspecified atom stereocenters. The molecule has 0 aliphatic rings.